The van der Waals surface area contributed by atoms with Gasteiger partial charge in [0.05, 0.1) is 28.1 Å². The summed E-state index contributed by atoms with van der Waals surface area (Å²) in [6, 6.07) is 15.1. The smallest absolute Gasteiger partial charge is 0.316 e. The van der Waals surface area contributed by atoms with Gasteiger partial charge < -0.3 is 15.4 Å². The van der Waals surface area contributed by atoms with Gasteiger partial charge >= 0.3 is 6.01 Å². The van der Waals surface area contributed by atoms with Crippen LogP contribution in [0.2, 0.25) is 0 Å². The van der Waals surface area contributed by atoms with E-state index in [9.17, 15) is 18.0 Å². The Morgan fingerprint density at radius 1 is 1.10 bits per heavy atom. The van der Waals surface area contributed by atoms with Crippen molar-refractivity contribution in [2.45, 2.75) is 26.4 Å². The third-order valence-electron chi connectivity index (χ3n) is 5.05. The molecule has 14 heteroatoms. The Labute approximate surface area is 234 Å². The van der Waals surface area contributed by atoms with Crippen molar-refractivity contribution in [3.63, 3.8) is 0 Å². The van der Waals surface area contributed by atoms with Gasteiger partial charge in [0.15, 0.2) is 0 Å². The molecule has 0 aliphatic heterocycles. The van der Waals surface area contributed by atoms with Crippen LogP contribution >= 0.6 is 11.3 Å². The normalized spacial score (nSPS) is 10.7. The second-order valence-electron chi connectivity index (χ2n) is 8.35. The van der Waals surface area contributed by atoms with Crippen LogP contribution in [0.1, 0.15) is 44.1 Å². The average molecular weight is 583 g/mol. The highest BCUT2D eigenvalue weighted by Crippen LogP contribution is 2.22. The van der Waals surface area contributed by atoms with E-state index in [1.807, 2.05) is 37.3 Å². The van der Waals surface area contributed by atoms with Crippen molar-refractivity contribution >= 4 is 49.2 Å². The summed E-state index contributed by atoms with van der Waals surface area (Å²) < 4.78 is 32.6. The Hall–Kier alpha value is -4.45. The van der Waals surface area contributed by atoms with Gasteiger partial charge in [-0.1, -0.05) is 18.2 Å². The molecule has 0 unspecified atom stereocenters. The number of carbonyl (C=O) groups is 2. The number of rotatable bonds is 9. The molecule has 0 bridgehead atoms. The molecule has 0 fully saturated rings. The number of para-hydroxylation sites is 1. The van der Waals surface area contributed by atoms with Gasteiger partial charge in [-0.05, 0) is 43.2 Å². The minimum Gasteiger partial charge on any atom is -0.456 e. The van der Waals surface area contributed by atoms with Gasteiger partial charge in [-0.15, -0.1) is 11.3 Å². The number of nitriles is 1. The summed E-state index contributed by atoms with van der Waals surface area (Å²) in [5, 5.41) is 15.0. The molecule has 2 aromatic heterocycles. The molecule has 0 radical (unpaired) electrons. The zero-order valence-electron chi connectivity index (χ0n) is 21.6. The standard InChI is InChI=1S/C25H22N6O3S.CH4O3S/c1-16-8-9-17(23(32)27-11-5-4-10-26)12-20(16)31-24(33)18-13-28-25(29-14-18)34-15-22-30-19-6-2-3-7-21(19)35-22;1-5(2,3)4/h2-3,6-9,12-14H,4-5,11,15H2,1H3,(H,27,32)(H,31,33);1H3,(H,2,3,4). The Kier molecular flexibility index (Phi) is 10.6. The van der Waals surface area contributed by atoms with Crippen molar-refractivity contribution in [3.8, 4) is 12.1 Å². The van der Waals surface area contributed by atoms with Gasteiger partial charge in [0, 0.05) is 36.6 Å². The molecule has 4 aromatic rings. The van der Waals surface area contributed by atoms with E-state index < -0.39 is 16.0 Å². The molecule has 2 aromatic carbocycles. The summed E-state index contributed by atoms with van der Waals surface area (Å²) in [6.45, 7) is 2.47. The quantitative estimate of drug-likeness (QED) is 0.194. The van der Waals surface area contributed by atoms with Crippen molar-refractivity contribution in [2.75, 3.05) is 18.1 Å². The molecule has 12 nitrogen and oxygen atoms in total. The lowest BCUT2D eigenvalue weighted by atomic mass is 10.1. The summed E-state index contributed by atoms with van der Waals surface area (Å²) >= 11 is 1.54. The highest BCUT2D eigenvalue weighted by Gasteiger charge is 2.13. The van der Waals surface area contributed by atoms with Crippen LogP contribution < -0.4 is 15.4 Å². The molecule has 0 saturated heterocycles. The van der Waals surface area contributed by atoms with E-state index in [4.69, 9.17) is 14.6 Å². The Bertz CT molecular complexity index is 1590. The summed E-state index contributed by atoms with van der Waals surface area (Å²) in [5.41, 5.74) is 2.90. The van der Waals surface area contributed by atoms with Crippen LogP contribution in [0.15, 0.2) is 54.9 Å². The van der Waals surface area contributed by atoms with E-state index in [2.05, 4.69) is 25.6 Å². The predicted octanol–water partition coefficient (Wildman–Crippen LogP) is 3.76. The summed E-state index contributed by atoms with van der Waals surface area (Å²) in [6.07, 6.45) is 4.45. The van der Waals surface area contributed by atoms with Crippen LogP contribution in [-0.4, -0.2) is 52.5 Å². The van der Waals surface area contributed by atoms with Crippen molar-refractivity contribution in [3.05, 3.63) is 76.6 Å². The molecule has 208 valence electrons. The number of thiazole rings is 1. The predicted molar refractivity (Wildman–Crippen MR) is 150 cm³/mol. The number of nitrogens with zero attached hydrogens (tertiary/aromatic N) is 4. The van der Waals surface area contributed by atoms with Gasteiger partial charge in [0.25, 0.3) is 21.9 Å². The number of benzene rings is 2. The van der Waals surface area contributed by atoms with Crippen LogP contribution in [0.4, 0.5) is 5.69 Å². The molecule has 3 N–H and O–H groups in total. The largest absolute Gasteiger partial charge is 0.456 e. The fraction of sp³-hybridized carbons (Fsp3) is 0.231. The zero-order valence-corrected chi connectivity index (χ0v) is 23.3. The number of aryl methyl sites for hydroxylation is 1. The maximum atomic E-state index is 12.7. The third kappa shape index (κ3) is 9.70. The molecule has 0 aliphatic carbocycles. The van der Waals surface area contributed by atoms with E-state index in [0.717, 1.165) is 20.8 Å². The van der Waals surface area contributed by atoms with Gasteiger partial charge in [0.2, 0.25) is 0 Å². The number of nitrogens with one attached hydrogen (secondary N) is 2. The number of aromatic nitrogens is 3. The Morgan fingerprint density at radius 3 is 2.48 bits per heavy atom. The summed E-state index contributed by atoms with van der Waals surface area (Å²) in [4.78, 5) is 37.8. The van der Waals surface area contributed by atoms with Crippen LogP contribution in [-0.2, 0) is 16.7 Å². The zero-order chi connectivity index (χ0) is 29.1. The second-order valence-corrected chi connectivity index (χ2v) is 10.9. The molecule has 40 heavy (non-hydrogen) atoms. The van der Waals surface area contributed by atoms with Crippen molar-refractivity contribution in [2.24, 2.45) is 0 Å². The lowest BCUT2D eigenvalue weighted by Gasteiger charge is -2.11. The number of hydrogen-bond donors (Lipinski definition) is 3. The number of anilines is 1. The van der Waals surface area contributed by atoms with Gasteiger partial charge in [-0.25, -0.2) is 15.0 Å². The number of ether oxygens (including phenoxy) is 1. The van der Waals surface area contributed by atoms with E-state index in [-0.39, 0.29) is 24.1 Å². The third-order valence-corrected chi connectivity index (χ3v) is 6.06. The van der Waals surface area contributed by atoms with E-state index in [0.29, 0.717) is 36.9 Å². The first-order valence-corrected chi connectivity index (χ1v) is 14.5. The minimum absolute atomic E-state index is 0.145. The number of carbonyl (C=O) groups excluding carboxylic acids is 2. The molecule has 2 heterocycles. The maximum absolute atomic E-state index is 12.7. The average Bonchev–Trinajstić information content (AvgIpc) is 3.33. The van der Waals surface area contributed by atoms with Crippen molar-refractivity contribution in [1.82, 2.24) is 20.3 Å². The van der Waals surface area contributed by atoms with Crippen molar-refractivity contribution in [1.29, 1.82) is 5.26 Å². The fourth-order valence-corrected chi connectivity index (χ4v) is 4.06. The van der Waals surface area contributed by atoms with Gasteiger partial charge in [0.1, 0.15) is 11.6 Å². The van der Waals surface area contributed by atoms with E-state index in [1.165, 1.54) is 23.7 Å². The molecule has 0 spiro atoms. The van der Waals surface area contributed by atoms with Gasteiger partial charge in [-0.2, -0.15) is 13.7 Å². The van der Waals surface area contributed by atoms with E-state index in [1.54, 1.807) is 18.2 Å². The lowest BCUT2D eigenvalue weighted by Crippen LogP contribution is -2.24. The molecule has 0 atom stereocenters. The Morgan fingerprint density at radius 2 is 1.80 bits per heavy atom. The monoisotopic (exact) mass is 582 g/mol. The van der Waals surface area contributed by atoms with E-state index >= 15 is 0 Å². The lowest BCUT2D eigenvalue weighted by molar-refractivity contribution is 0.0951. The van der Waals surface area contributed by atoms with Crippen LogP contribution in [0, 0.1) is 18.3 Å². The number of fused-ring (bicyclic) bond motifs is 1. The fourth-order valence-electron chi connectivity index (χ4n) is 3.18. The summed E-state index contributed by atoms with van der Waals surface area (Å²) in [5.74, 6) is -0.672. The minimum atomic E-state index is -3.67. The Balaban J connectivity index is 0.000000810. The molecule has 0 aliphatic rings. The number of unbranched alkanes of at least 4 members (excludes halogenated alkanes) is 1. The molecule has 0 saturated carbocycles. The number of hydrogen-bond acceptors (Lipinski definition) is 10. The highest BCUT2D eigenvalue weighted by atomic mass is 32.2. The molecule has 2 amide bonds. The SMILES string of the molecule is CS(=O)(=O)O.Cc1ccc(C(=O)NCCCC#N)cc1NC(=O)c1cnc(OCc2nc3ccccc3s2)nc1. The van der Waals surface area contributed by atoms with Crippen LogP contribution in [0.3, 0.4) is 0 Å². The topological polar surface area (TPSA) is 184 Å². The summed E-state index contributed by atoms with van der Waals surface area (Å²) in [7, 11) is -3.67. The number of amides is 2. The first-order valence-electron chi connectivity index (χ1n) is 11.8. The molecule has 4 rings (SSSR count). The highest BCUT2D eigenvalue weighted by molar-refractivity contribution is 7.85. The molecular weight excluding hydrogens is 556 g/mol. The first kappa shape index (κ1) is 30.1. The second kappa shape index (κ2) is 14.1. The van der Waals surface area contributed by atoms with Crippen LogP contribution in [0.25, 0.3) is 10.2 Å². The molecular formula is C26H26N6O6S2. The van der Waals surface area contributed by atoms with Crippen molar-refractivity contribution < 1.29 is 27.3 Å². The maximum Gasteiger partial charge on any atom is 0.316 e. The first-order chi connectivity index (χ1) is 19.0. The van der Waals surface area contributed by atoms with Crippen LogP contribution in [0.5, 0.6) is 6.01 Å². The van der Waals surface area contributed by atoms with Gasteiger partial charge in [-0.3, -0.25) is 14.1 Å².